The van der Waals surface area contributed by atoms with Crippen molar-refractivity contribution in [2.45, 2.75) is 63.8 Å². The number of ether oxygens (including phenoxy) is 5. The van der Waals surface area contributed by atoms with Crippen LogP contribution in [0, 0.1) is 0 Å². The molecule has 1 heterocycles. The normalized spacial score (nSPS) is 17.2. The second kappa shape index (κ2) is 15.3. The van der Waals surface area contributed by atoms with E-state index in [1.165, 1.54) is 12.1 Å². The number of hydrogen-bond donors (Lipinski definition) is 0. The third kappa shape index (κ3) is 9.89. The van der Waals surface area contributed by atoms with Crippen molar-refractivity contribution in [1.82, 2.24) is 0 Å². The second-order valence-corrected chi connectivity index (χ2v) is 10.7. The van der Waals surface area contributed by atoms with Crippen LogP contribution in [-0.4, -0.2) is 30.6 Å². The van der Waals surface area contributed by atoms with Gasteiger partial charge in [-0.1, -0.05) is 91.0 Å². The molecule has 0 amide bonds. The summed E-state index contributed by atoms with van der Waals surface area (Å²) in [6, 6.07) is 29.8. The minimum Gasteiger partial charge on any atom is -0.485 e. The SMILES string of the molecule is FC(F)(F)C(=Nc1cc(OCc2ccccc2)c(OCc2ccccc2)c(OCc2ccccc2)c1)OC1CCCC(C(F)(F)F)O1. The van der Waals surface area contributed by atoms with Crippen LogP contribution >= 0.6 is 0 Å². The van der Waals surface area contributed by atoms with Gasteiger partial charge in [0, 0.05) is 18.6 Å². The zero-order valence-corrected chi connectivity index (χ0v) is 25.0. The molecule has 0 bridgehead atoms. The molecule has 0 saturated carbocycles. The molecule has 4 aromatic rings. The molecule has 0 spiro atoms. The molecule has 1 aliphatic rings. The van der Waals surface area contributed by atoms with Crippen molar-refractivity contribution < 1.29 is 50.0 Å². The van der Waals surface area contributed by atoms with Crippen molar-refractivity contribution in [2.75, 3.05) is 0 Å². The molecule has 248 valence electrons. The van der Waals surface area contributed by atoms with Crippen molar-refractivity contribution in [3.8, 4) is 17.2 Å². The summed E-state index contributed by atoms with van der Waals surface area (Å²) in [6.45, 7) is 0.152. The minimum atomic E-state index is -5.16. The van der Waals surface area contributed by atoms with E-state index in [0.717, 1.165) is 16.7 Å². The molecular formula is C35H31F6NO5. The number of aliphatic imine (C=N–C) groups is 1. The highest BCUT2D eigenvalue weighted by atomic mass is 19.4. The fourth-order valence-electron chi connectivity index (χ4n) is 4.70. The van der Waals surface area contributed by atoms with Gasteiger partial charge in [-0.2, -0.15) is 26.3 Å². The Balaban J connectivity index is 1.52. The molecule has 0 aromatic heterocycles. The van der Waals surface area contributed by atoms with Crippen LogP contribution in [0.5, 0.6) is 17.2 Å². The van der Waals surface area contributed by atoms with Crippen molar-refractivity contribution in [2.24, 2.45) is 4.99 Å². The van der Waals surface area contributed by atoms with Crippen LogP contribution in [-0.2, 0) is 29.3 Å². The Morgan fingerprint density at radius 1 is 0.660 bits per heavy atom. The van der Waals surface area contributed by atoms with E-state index in [2.05, 4.69) is 4.99 Å². The fourth-order valence-corrected chi connectivity index (χ4v) is 4.70. The number of rotatable bonds is 11. The first kappa shape index (κ1) is 33.6. The predicted molar refractivity (Wildman–Crippen MR) is 162 cm³/mol. The summed E-state index contributed by atoms with van der Waals surface area (Å²) in [6.07, 6.45) is -14.5. The molecule has 0 aliphatic carbocycles. The fraction of sp³-hybridized carbons (Fsp3) is 0.286. The Morgan fingerprint density at radius 3 is 1.57 bits per heavy atom. The Bertz CT molecular complexity index is 1530. The molecule has 6 nitrogen and oxygen atoms in total. The van der Waals surface area contributed by atoms with Crippen LogP contribution in [0.1, 0.15) is 36.0 Å². The van der Waals surface area contributed by atoms with Gasteiger partial charge in [0.25, 0.3) is 5.90 Å². The van der Waals surface area contributed by atoms with Gasteiger partial charge in [0.15, 0.2) is 17.6 Å². The monoisotopic (exact) mass is 659 g/mol. The molecule has 1 saturated heterocycles. The van der Waals surface area contributed by atoms with E-state index < -0.39 is 30.6 Å². The largest absolute Gasteiger partial charge is 0.485 e. The zero-order chi connectivity index (χ0) is 33.3. The quantitative estimate of drug-likeness (QED) is 0.0912. The van der Waals surface area contributed by atoms with E-state index in [-0.39, 0.29) is 62.0 Å². The van der Waals surface area contributed by atoms with Crippen molar-refractivity contribution in [3.05, 3.63) is 120 Å². The van der Waals surface area contributed by atoms with Gasteiger partial charge in [0.2, 0.25) is 12.0 Å². The van der Waals surface area contributed by atoms with Crippen LogP contribution in [0.3, 0.4) is 0 Å². The van der Waals surface area contributed by atoms with E-state index in [0.29, 0.717) is 0 Å². The summed E-state index contributed by atoms with van der Waals surface area (Å²) in [5.41, 5.74) is 2.07. The lowest BCUT2D eigenvalue weighted by Crippen LogP contribution is -2.42. The smallest absolute Gasteiger partial charge is 0.468 e. The lowest BCUT2D eigenvalue weighted by Gasteiger charge is -2.31. The molecule has 2 atom stereocenters. The van der Waals surface area contributed by atoms with E-state index in [9.17, 15) is 26.3 Å². The highest BCUT2D eigenvalue weighted by molar-refractivity contribution is 5.85. The first-order valence-corrected chi connectivity index (χ1v) is 14.8. The van der Waals surface area contributed by atoms with E-state index in [1.807, 2.05) is 91.0 Å². The topological polar surface area (TPSA) is 58.5 Å². The molecule has 1 aliphatic heterocycles. The summed E-state index contributed by atoms with van der Waals surface area (Å²) in [5, 5.41) is 0. The Morgan fingerprint density at radius 2 is 1.13 bits per heavy atom. The molecule has 47 heavy (non-hydrogen) atoms. The van der Waals surface area contributed by atoms with Gasteiger partial charge in [-0.05, 0) is 29.5 Å². The van der Waals surface area contributed by atoms with Gasteiger partial charge in [0.1, 0.15) is 19.8 Å². The van der Waals surface area contributed by atoms with Gasteiger partial charge in [-0.3, -0.25) is 0 Å². The third-order valence-corrected chi connectivity index (χ3v) is 7.01. The highest BCUT2D eigenvalue weighted by Gasteiger charge is 2.46. The first-order chi connectivity index (χ1) is 22.5. The maximum Gasteiger partial charge on any atom is 0.468 e. The van der Waals surface area contributed by atoms with Gasteiger partial charge in [-0.15, -0.1) is 0 Å². The van der Waals surface area contributed by atoms with Gasteiger partial charge < -0.3 is 23.7 Å². The second-order valence-electron chi connectivity index (χ2n) is 10.7. The summed E-state index contributed by atoms with van der Waals surface area (Å²) < 4.78 is 110. The average molecular weight is 660 g/mol. The van der Waals surface area contributed by atoms with Crippen LogP contribution in [0.2, 0.25) is 0 Å². The summed E-state index contributed by atoms with van der Waals surface area (Å²) in [5.74, 6) is -1.59. The number of halogens is 6. The molecular weight excluding hydrogens is 628 g/mol. The summed E-state index contributed by atoms with van der Waals surface area (Å²) in [7, 11) is 0. The molecule has 5 rings (SSSR count). The number of alkyl halides is 6. The van der Waals surface area contributed by atoms with E-state index >= 15 is 0 Å². The Kier molecular flexibility index (Phi) is 10.9. The molecule has 2 unspecified atom stereocenters. The first-order valence-electron chi connectivity index (χ1n) is 14.8. The van der Waals surface area contributed by atoms with E-state index in [4.69, 9.17) is 23.7 Å². The minimum absolute atomic E-state index is 0.0293. The molecule has 4 aromatic carbocycles. The Labute approximate surface area is 267 Å². The third-order valence-electron chi connectivity index (χ3n) is 7.01. The van der Waals surface area contributed by atoms with Gasteiger partial charge in [-0.25, -0.2) is 4.99 Å². The lowest BCUT2D eigenvalue weighted by molar-refractivity contribution is -0.277. The number of benzene rings is 4. The van der Waals surface area contributed by atoms with Crippen LogP contribution in [0.15, 0.2) is 108 Å². The molecule has 0 radical (unpaired) electrons. The van der Waals surface area contributed by atoms with Crippen molar-refractivity contribution in [1.29, 1.82) is 0 Å². The van der Waals surface area contributed by atoms with Gasteiger partial charge >= 0.3 is 12.4 Å². The van der Waals surface area contributed by atoms with Crippen LogP contribution < -0.4 is 14.2 Å². The summed E-state index contributed by atoms with van der Waals surface area (Å²) in [4.78, 5) is 3.69. The zero-order valence-electron chi connectivity index (χ0n) is 25.0. The maximum absolute atomic E-state index is 14.2. The average Bonchev–Trinajstić information content (AvgIpc) is 3.06. The standard InChI is InChI=1S/C35H31F6NO5/c36-34(37,38)30-17-10-18-31(46-30)47-33(35(39,40)41)42-27-19-28(43-21-24-11-4-1-5-12-24)32(45-23-26-15-8-3-9-16-26)29(20-27)44-22-25-13-6-2-7-14-25/h1-9,11-16,19-20,30-31H,10,17-18,21-23H2. The van der Waals surface area contributed by atoms with Crippen LogP contribution in [0.25, 0.3) is 0 Å². The van der Waals surface area contributed by atoms with Crippen LogP contribution in [0.4, 0.5) is 32.0 Å². The van der Waals surface area contributed by atoms with Crippen molar-refractivity contribution >= 4 is 11.6 Å². The maximum atomic E-state index is 14.2. The molecule has 1 fully saturated rings. The van der Waals surface area contributed by atoms with E-state index in [1.54, 1.807) is 0 Å². The summed E-state index contributed by atoms with van der Waals surface area (Å²) >= 11 is 0. The lowest BCUT2D eigenvalue weighted by atomic mass is 10.1. The van der Waals surface area contributed by atoms with Crippen molar-refractivity contribution in [3.63, 3.8) is 0 Å². The predicted octanol–water partition coefficient (Wildman–Crippen LogP) is 9.49. The molecule has 0 N–H and O–H groups in total. The number of hydrogen-bond acceptors (Lipinski definition) is 6. The number of nitrogens with zero attached hydrogens (tertiary/aromatic N) is 1. The highest BCUT2D eigenvalue weighted by Crippen LogP contribution is 2.43. The Hall–Kier alpha value is -4.71. The molecule has 12 heteroatoms. The van der Waals surface area contributed by atoms with Gasteiger partial charge in [0.05, 0.1) is 5.69 Å².